The minimum atomic E-state index is -0.374. The van der Waals surface area contributed by atoms with Crippen molar-refractivity contribution in [3.05, 3.63) is 58.6 Å². The van der Waals surface area contributed by atoms with Gasteiger partial charge in [0.1, 0.15) is 11.4 Å². The van der Waals surface area contributed by atoms with Crippen LogP contribution in [-0.4, -0.2) is 31.2 Å². The van der Waals surface area contributed by atoms with Crippen LogP contribution in [-0.2, 0) is 7.05 Å². The van der Waals surface area contributed by atoms with E-state index < -0.39 is 0 Å². The SMILES string of the molecule is Cc1cc(/C=C/C#N)cc(C)c1Oc1nc(NC23CC(C#N)(C2)C3)nc2c1[C@H](C)N(c1cnn(C)c1)C2=O. The molecule has 1 N–H and O–H groups in total. The summed E-state index contributed by atoms with van der Waals surface area (Å²) in [7, 11) is 1.80. The average molecular weight is 507 g/mol. The van der Waals surface area contributed by atoms with Gasteiger partial charge in [0.15, 0.2) is 0 Å². The van der Waals surface area contributed by atoms with E-state index in [0.717, 1.165) is 36.0 Å². The largest absolute Gasteiger partial charge is 0.438 e. The van der Waals surface area contributed by atoms with Crippen molar-refractivity contribution in [2.24, 2.45) is 12.5 Å². The molecule has 2 bridgehead atoms. The predicted octanol–water partition coefficient (Wildman–Crippen LogP) is 4.74. The summed E-state index contributed by atoms with van der Waals surface area (Å²) in [6, 6.07) is 7.93. The van der Waals surface area contributed by atoms with Gasteiger partial charge in [-0.1, -0.05) is 0 Å². The van der Waals surface area contributed by atoms with E-state index in [9.17, 15) is 10.1 Å². The molecule has 1 aromatic carbocycles. The first-order valence-electron chi connectivity index (χ1n) is 12.5. The minimum Gasteiger partial charge on any atom is -0.438 e. The number of aromatic nitrogens is 4. The van der Waals surface area contributed by atoms with Crippen molar-refractivity contribution < 1.29 is 9.53 Å². The number of nitriles is 2. The summed E-state index contributed by atoms with van der Waals surface area (Å²) in [6.45, 7) is 5.80. The molecule has 3 fully saturated rings. The molecule has 1 atom stereocenters. The molecule has 1 aliphatic heterocycles. The van der Waals surface area contributed by atoms with E-state index in [1.165, 1.54) is 6.08 Å². The zero-order chi connectivity index (χ0) is 26.8. The van der Waals surface area contributed by atoms with E-state index in [4.69, 9.17) is 15.0 Å². The molecule has 2 aromatic heterocycles. The highest BCUT2D eigenvalue weighted by Crippen LogP contribution is 2.67. The fourth-order valence-electron chi connectivity index (χ4n) is 6.16. The fraction of sp³-hybridized carbons (Fsp3) is 0.357. The van der Waals surface area contributed by atoms with E-state index >= 15 is 0 Å². The molecule has 10 heteroatoms. The minimum absolute atomic E-state index is 0.210. The molecule has 7 rings (SSSR count). The number of nitrogens with zero attached hydrogens (tertiary/aromatic N) is 7. The number of hydrogen-bond donors (Lipinski definition) is 1. The quantitative estimate of drug-likeness (QED) is 0.474. The number of aryl methyl sites for hydroxylation is 3. The van der Waals surface area contributed by atoms with Crippen LogP contribution in [0.2, 0.25) is 0 Å². The third-order valence-electron chi connectivity index (χ3n) is 7.78. The van der Waals surface area contributed by atoms with E-state index in [0.29, 0.717) is 34.5 Å². The Labute approximate surface area is 220 Å². The molecule has 0 saturated heterocycles. The van der Waals surface area contributed by atoms with Gasteiger partial charge in [-0.2, -0.15) is 20.6 Å². The third kappa shape index (κ3) is 3.52. The smallest absolute Gasteiger partial charge is 0.278 e. The van der Waals surface area contributed by atoms with Crippen molar-refractivity contribution >= 4 is 23.6 Å². The maximum absolute atomic E-state index is 13.6. The topological polar surface area (TPSA) is 133 Å². The molecule has 38 heavy (non-hydrogen) atoms. The number of carbonyl (C=O) groups is 1. The molecule has 3 aromatic rings. The van der Waals surface area contributed by atoms with Gasteiger partial charge < -0.3 is 10.1 Å². The second-order valence-electron chi connectivity index (χ2n) is 10.7. The van der Waals surface area contributed by atoms with Gasteiger partial charge >= 0.3 is 0 Å². The lowest BCUT2D eigenvalue weighted by Gasteiger charge is -2.66. The number of fused-ring (bicyclic) bond motifs is 1. The van der Waals surface area contributed by atoms with Gasteiger partial charge in [0.25, 0.3) is 5.91 Å². The van der Waals surface area contributed by atoms with Crippen LogP contribution in [0.3, 0.4) is 0 Å². The van der Waals surface area contributed by atoms with Gasteiger partial charge in [0, 0.05) is 24.9 Å². The molecule has 1 amide bonds. The van der Waals surface area contributed by atoms with E-state index in [2.05, 4.69) is 21.5 Å². The summed E-state index contributed by atoms with van der Waals surface area (Å²) in [6.07, 6.45) is 8.86. The Morgan fingerprint density at radius 2 is 1.89 bits per heavy atom. The number of carbonyl (C=O) groups excluding carboxylic acids is 1. The average Bonchev–Trinajstić information content (AvgIpc) is 3.36. The molecule has 10 nitrogen and oxygen atoms in total. The second kappa shape index (κ2) is 8.15. The number of ether oxygens (including phenoxy) is 1. The van der Waals surface area contributed by atoms with Crippen LogP contribution in [0.15, 0.2) is 30.6 Å². The van der Waals surface area contributed by atoms with Crippen molar-refractivity contribution in [2.45, 2.75) is 51.6 Å². The van der Waals surface area contributed by atoms with E-state index in [-0.39, 0.29) is 22.9 Å². The number of anilines is 2. The van der Waals surface area contributed by atoms with Crippen LogP contribution in [0.5, 0.6) is 11.6 Å². The molecule has 0 unspecified atom stereocenters. The summed E-state index contributed by atoms with van der Waals surface area (Å²) in [4.78, 5) is 24.7. The maximum atomic E-state index is 13.6. The first-order chi connectivity index (χ1) is 18.2. The first-order valence-corrected chi connectivity index (χ1v) is 12.5. The van der Waals surface area contributed by atoms with Gasteiger partial charge in [-0.25, -0.2) is 4.98 Å². The second-order valence-corrected chi connectivity index (χ2v) is 10.7. The molecule has 3 saturated carbocycles. The molecule has 190 valence electrons. The Morgan fingerprint density at radius 3 is 2.50 bits per heavy atom. The van der Waals surface area contributed by atoms with Gasteiger partial charge in [-0.3, -0.25) is 14.4 Å². The number of nitrogens with one attached hydrogen (secondary N) is 1. The molecular formula is C28H26N8O2. The van der Waals surface area contributed by atoms with Crippen LogP contribution in [0.25, 0.3) is 6.08 Å². The zero-order valence-corrected chi connectivity index (χ0v) is 21.6. The summed E-state index contributed by atoms with van der Waals surface area (Å²) in [5, 5.41) is 25.9. The highest BCUT2D eigenvalue weighted by Gasteiger charge is 2.69. The maximum Gasteiger partial charge on any atom is 0.278 e. The molecule has 3 aliphatic carbocycles. The Hall–Kier alpha value is -4.70. The van der Waals surface area contributed by atoms with Gasteiger partial charge in [0.2, 0.25) is 11.8 Å². The lowest BCUT2D eigenvalue weighted by molar-refractivity contribution is -0.0665. The molecule has 0 radical (unpaired) electrons. The molecule has 0 spiro atoms. The lowest BCUT2D eigenvalue weighted by atomic mass is 9.40. The van der Waals surface area contributed by atoms with Crippen LogP contribution < -0.4 is 15.0 Å². The normalized spacial score (nSPS) is 24.8. The predicted molar refractivity (Wildman–Crippen MR) is 139 cm³/mol. The van der Waals surface area contributed by atoms with Gasteiger partial charge in [-0.15, -0.1) is 0 Å². The third-order valence-corrected chi connectivity index (χ3v) is 7.78. The van der Waals surface area contributed by atoms with Crippen molar-refractivity contribution in [3.8, 4) is 23.8 Å². The fourth-order valence-corrected chi connectivity index (χ4v) is 6.16. The Bertz CT molecular complexity index is 1580. The van der Waals surface area contributed by atoms with E-state index in [1.54, 1.807) is 35.1 Å². The molecular weight excluding hydrogens is 480 g/mol. The first kappa shape index (κ1) is 23.7. The standard InChI is InChI=1S/C28H26N8O2/c1-16-8-19(6-5-7-29)9-17(2)23(16)38-24-21-18(3)36(20-10-31-35(4)11-20)25(37)22(21)32-26(33-24)34-28-12-27(13-28,14-28)15-30/h5-6,8-11,18H,12-14H2,1-4H3,(H,32,33,34)/b6-5+/t18-,27?,28?/m0/s1. The van der Waals surface area contributed by atoms with E-state index in [1.807, 2.05) is 39.0 Å². The van der Waals surface area contributed by atoms with Crippen molar-refractivity contribution in [1.29, 1.82) is 10.5 Å². The van der Waals surface area contributed by atoms with Gasteiger partial charge in [0.05, 0.1) is 41.0 Å². The highest BCUT2D eigenvalue weighted by atomic mass is 16.5. The summed E-state index contributed by atoms with van der Waals surface area (Å²) >= 11 is 0. The van der Waals surface area contributed by atoms with Crippen molar-refractivity contribution in [2.75, 3.05) is 10.2 Å². The van der Waals surface area contributed by atoms with Crippen LogP contribution in [0.1, 0.15) is 65.0 Å². The zero-order valence-electron chi connectivity index (χ0n) is 21.6. The van der Waals surface area contributed by atoms with Crippen LogP contribution in [0.4, 0.5) is 11.6 Å². The Morgan fingerprint density at radius 1 is 1.18 bits per heavy atom. The molecule has 4 aliphatic rings. The lowest BCUT2D eigenvalue weighted by Crippen LogP contribution is -2.70. The number of hydrogen-bond acceptors (Lipinski definition) is 8. The Balaban J connectivity index is 1.41. The number of rotatable bonds is 6. The summed E-state index contributed by atoms with van der Waals surface area (Å²) in [5.74, 6) is 1.03. The summed E-state index contributed by atoms with van der Waals surface area (Å²) < 4.78 is 8.13. The number of amides is 1. The van der Waals surface area contributed by atoms with Crippen LogP contribution in [0, 0.1) is 41.9 Å². The van der Waals surface area contributed by atoms with Crippen LogP contribution >= 0.6 is 0 Å². The molecule has 3 heterocycles. The summed E-state index contributed by atoms with van der Waals surface area (Å²) in [5.41, 5.74) is 3.77. The van der Waals surface area contributed by atoms with Gasteiger partial charge in [-0.05, 0) is 74.9 Å². The van der Waals surface area contributed by atoms with Crippen molar-refractivity contribution in [1.82, 2.24) is 19.7 Å². The monoisotopic (exact) mass is 506 g/mol. The number of allylic oxidation sites excluding steroid dienone is 1. The van der Waals surface area contributed by atoms with Crippen molar-refractivity contribution in [3.63, 3.8) is 0 Å². The highest BCUT2D eigenvalue weighted by molar-refractivity contribution is 6.10. The number of benzene rings is 1. The Kier molecular flexibility index (Phi) is 5.08.